The van der Waals surface area contributed by atoms with E-state index < -0.39 is 0 Å². The fourth-order valence-corrected chi connectivity index (χ4v) is 3.80. The highest BCUT2D eigenvalue weighted by Gasteiger charge is 2.14. The molecule has 32 heavy (non-hydrogen) atoms. The van der Waals surface area contributed by atoms with E-state index in [2.05, 4.69) is 63.1 Å². The van der Waals surface area contributed by atoms with Gasteiger partial charge in [-0.25, -0.2) is 4.98 Å². The molecule has 0 amide bonds. The highest BCUT2D eigenvalue weighted by molar-refractivity contribution is 5.78. The van der Waals surface area contributed by atoms with Crippen LogP contribution >= 0.6 is 0 Å². The van der Waals surface area contributed by atoms with Gasteiger partial charge in [0, 0.05) is 18.1 Å². The predicted molar refractivity (Wildman–Crippen MR) is 125 cm³/mol. The van der Waals surface area contributed by atoms with E-state index in [1.807, 2.05) is 36.4 Å². The summed E-state index contributed by atoms with van der Waals surface area (Å²) in [6.45, 7) is 6.22. The molecule has 0 bridgehead atoms. The third kappa shape index (κ3) is 3.88. The van der Waals surface area contributed by atoms with Crippen molar-refractivity contribution in [1.82, 2.24) is 24.9 Å². The number of hydrogen-bond acceptors (Lipinski definition) is 6. The summed E-state index contributed by atoms with van der Waals surface area (Å²) in [5.41, 5.74) is 7.82. The third-order valence-electron chi connectivity index (χ3n) is 5.24. The number of nitrogens with one attached hydrogen (secondary N) is 2. The summed E-state index contributed by atoms with van der Waals surface area (Å²) in [5.74, 6) is 1.50. The fraction of sp³-hybridized carbons (Fsp3) is 0.120. The molecule has 0 spiro atoms. The average Bonchev–Trinajstić information content (AvgIpc) is 3.26. The van der Waals surface area contributed by atoms with Crippen LogP contribution in [0.4, 0.5) is 11.6 Å². The zero-order chi connectivity index (χ0) is 22.1. The monoisotopic (exact) mass is 422 g/mol. The Labute approximate surface area is 185 Å². The molecular formula is C25H22N6O. The summed E-state index contributed by atoms with van der Waals surface area (Å²) in [4.78, 5) is 20.6. The van der Waals surface area contributed by atoms with Gasteiger partial charge in [-0.05, 0) is 67.3 Å². The number of benzene rings is 2. The maximum absolute atomic E-state index is 6.11. The molecule has 0 saturated carbocycles. The van der Waals surface area contributed by atoms with Crippen molar-refractivity contribution >= 4 is 22.8 Å². The van der Waals surface area contributed by atoms with Crippen molar-refractivity contribution < 1.29 is 4.74 Å². The van der Waals surface area contributed by atoms with Crippen LogP contribution in [-0.4, -0.2) is 24.9 Å². The SMILES string of the molecule is Cc1cc(C)c(Nc2nc(Oc3ccc(-c4ccncc4)cc3)c3nc[nH]c3n2)c(C)c1. The minimum absolute atomic E-state index is 0.387. The number of anilines is 2. The van der Waals surface area contributed by atoms with E-state index in [1.54, 1.807) is 18.7 Å². The number of hydrogen-bond donors (Lipinski definition) is 2. The third-order valence-corrected chi connectivity index (χ3v) is 5.24. The van der Waals surface area contributed by atoms with Gasteiger partial charge in [0.05, 0.1) is 6.33 Å². The van der Waals surface area contributed by atoms with Crippen LogP contribution in [0, 0.1) is 20.8 Å². The highest BCUT2D eigenvalue weighted by atomic mass is 16.5. The molecule has 0 fully saturated rings. The first kappa shape index (κ1) is 19.7. The van der Waals surface area contributed by atoms with E-state index in [4.69, 9.17) is 4.74 Å². The van der Waals surface area contributed by atoms with Crippen molar-refractivity contribution in [1.29, 1.82) is 0 Å². The Hall–Kier alpha value is -4.26. The minimum atomic E-state index is 0.387. The van der Waals surface area contributed by atoms with E-state index in [0.29, 0.717) is 28.7 Å². The summed E-state index contributed by atoms with van der Waals surface area (Å²) in [7, 11) is 0. The van der Waals surface area contributed by atoms with Gasteiger partial charge >= 0.3 is 0 Å². The first-order valence-corrected chi connectivity index (χ1v) is 10.3. The number of aromatic amines is 1. The van der Waals surface area contributed by atoms with E-state index in [0.717, 1.165) is 27.9 Å². The van der Waals surface area contributed by atoms with Gasteiger partial charge in [0.15, 0.2) is 11.2 Å². The molecule has 0 aliphatic rings. The molecule has 0 saturated heterocycles. The maximum Gasteiger partial charge on any atom is 0.252 e. The molecule has 0 aliphatic heterocycles. The van der Waals surface area contributed by atoms with E-state index >= 15 is 0 Å². The van der Waals surface area contributed by atoms with Gasteiger partial charge in [-0.3, -0.25) is 4.98 Å². The second-order valence-corrected chi connectivity index (χ2v) is 7.71. The normalized spacial score (nSPS) is 11.0. The van der Waals surface area contributed by atoms with Crippen molar-refractivity contribution in [3.05, 3.63) is 83.9 Å². The number of rotatable bonds is 5. The Balaban J connectivity index is 1.46. The van der Waals surface area contributed by atoms with Gasteiger partial charge in [0.2, 0.25) is 5.95 Å². The lowest BCUT2D eigenvalue weighted by atomic mass is 10.1. The van der Waals surface area contributed by atoms with Crippen LogP contribution in [-0.2, 0) is 0 Å². The van der Waals surface area contributed by atoms with Crippen LogP contribution in [0.25, 0.3) is 22.3 Å². The van der Waals surface area contributed by atoms with Gasteiger partial charge in [-0.1, -0.05) is 29.8 Å². The lowest BCUT2D eigenvalue weighted by Crippen LogP contribution is -2.03. The first-order chi connectivity index (χ1) is 15.6. The van der Waals surface area contributed by atoms with Crippen LogP contribution < -0.4 is 10.1 Å². The van der Waals surface area contributed by atoms with Gasteiger partial charge in [0.1, 0.15) is 5.75 Å². The summed E-state index contributed by atoms with van der Waals surface area (Å²) < 4.78 is 6.11. The molecule has 3 aromatic heterocycles. The lowest BCUT2D eigenvalue weighted by molar-refractivity contribution is 0.468. The minimum Gasteiger partial charge on any atom is -0.437 e. The average molecular weight is 422 g/mol. The second-order valence-electron chi connectivity index (χ2n) is 7.71. The smallest absolute Gasteiger partial charge is 0.252 e. The maximum atomic E-state index is 6.11. The predicted octanol–water partition coefficient (Wildman–Crippen LogP) is 5.88. The highest BCUT2D eigenvalue weighted by Crippen LogP contribution is 2.30. The van der Waals surface area contributed by atoms with Crippen molar-refractivity contribution in [2.24, 2.45) is 0 Å². The Morgan fingerprint density at radius 3 is 2.25 bits per heavy atom. The number of fused-ring (bicyclic) bond motifs is 1. The number of nitrogens with zero attached hydrogens (tertiary/aromatic N) is 4. The van der Waals surface area contributed by atoms with E-state index in [1.165, 1.54) is 5.56 Å². The quantitative estimate of drug-likeness (QED) is 0.368. The zero-order valence-electron chi connectivity index (χ0n) is 18.0. The molecule has 0 aliphatic carbocycles. The summed E-state index contributed by atoms with van der Waals surface area (Å²) in [6.07, 6.45) is 5.15. The van der Waals surface area contributed by atoms with Gasteiger partial charge in [-0.15, -0.1) is 0 Å². The molecule has 2 N–H and O–H groups in total. The Bertz CT molecular complexity index is 1370. The molecule has 158 valence electrons. The van der Waals surface area contributed by atoms with Gasteiger partial charge in [0.25, 0.3) is 5.88 Å². The second kappa shape index (κ2) is 8.11. The van der Waals surface area contributed by atoms with Crippen LogP contribution in [0.1, 0.15) is 16.7 Å². The Kier molecular flexibility index (Phi) is 4.99. The lowest BCUT2D eigenvalue weighted by Gasteiger charge is -2.14. The number of aryl methyl sites for hydroxylation is 3. The molecule has 7 heteroatoms. The summed E-state index contributed by atoms with van der Waals surface area (Å²) >= 11 is 0. The van der Waals surface area contributed by atoms with Crippen molar-refractivity contribution in [2.75, 3.05) is 5.32 Å². The zero-order valence-corrected chi connectivity index (χ0v) is 18.0. The topological polar surface area (TPSA) is 88.6 Å². The standard InChI is InChI=1S/C25H22N6O/c1-15-12-16(2)21(17(3)13-15)29-25-30-23-22(27-14-28-23)24(31-25)32-20-6-4-18(5-7-20)19-8-10-26-11-9-19/h4-14H,1-3H3,(H2,27,28,29,30,31). The molecule has 0 radical (unpaired) electrons. The number of ether oxygens (including phenoxy) is 1. The number of aromatic nitrogens is 5. The van der Waals surface area contributed by atoms with Gasteiger partial charge < -0.3 is 15.0 Å². The molecule has 5 aromatic rings. The number of pyridine rings is 1. The van der Waals surface area contributed by atoms with Crippen LogP contribution in [0.5, 0.6) is 11.6 Å². The van der Waals surface area contributed by atoms with Gasteiger partial charge in [-0.2, -0.15) is 9.97 Å². The number of H-pyrrole nitrogens is 1. The summed E-state index contributed by atoms with van der Waals surface area (Å²) in [5, 5.41) is 3.35. The summed E-state index contributed by atoms with van der Waals surface area (Å²) in [6, 6.07) is 16.0. The fourth-order valence-electron chi connectivity index (χ4n) is 3.80. The molecule has 7 nitrogen and oxygen atoms in total. The van der Waals surface area contributed by atoms with Crippen LogP contribution in [0.15, 0.2) is 67.3 Å². The first-order valence-electron chi connectivity index (χ1n) is 10.3. The van der Waals surface area contributed by atoms with Crippen molar-refractivity contribution in [3.8, 4) is 22.8 Å². The van der Waals surface area contributed by atoms with Crippen LogP contribution in [0.2, 0.25) is 0 Å². The van der Waals surface area contributed by atoms with Crippen LogP contribution in [0.3, 0.4) is 0 Å². The molecule has 3 heterocycles. The molecule has 2 aromatic carbocycles. The number of imidazole rings is 1. The van der Waals surface area contributed by atoms with Crippen molar-refractivity contribution in [2.45, 2.75) is 20.8 Å². The molecule has 5 rings (SSSR count). The molecular weight excluding hydrogens is 400 g/mol. The van der Waals surface area contributed by atoms with Crippen molar-refractivity contribution in [3.63, 3.8) is 0 Å². The molecule has 0 atom stereocenters. The Morgan fingerprint density at radius 1 is 0.844 bits per heavy atom. The molecule has 0 unspecified atom stereocenters. The van der Waals surface area contributed by atoms with E-state index in [9.17, 15) is 0 Å². The largest absolute Gasteiger partial charge is 0.437 e. The van der Waals surface area contributed by atoms with E-state index in [-0.39, 0.29) is 0 Å². The Morgan fingerprint density at radius 2 is 1.53 bits per heavy atom.